The molecule has 0 saturated heterocycles. The molecule has 0 aliphatic rings. The Morgan fingerprint density at radius 3 is 2.80 bits per heavy atom. The molecule has 130 valence electrons. The highest BCUT2D eigenvalue weighted by Crippen LogP contribution is 2.20. The van der Waals surface area contributed by atoms with Crippen LogP contribution in [0.4, 0.5) is 4.39 Å². The number of rotatable bonds is 6. The van der Waals surface area contributed by atoms with Gasteiger partial charge in [-0.25, -0.2) is 4.39 Å². The van der Waals surface area contributed by atoms with Gasteiger partial charge >= 0.3 is 0 Å². The van der Waals surface area contributed by atoms with E-state index in [9.17, 15) is 14.3 Å². The van der Waals surface area contributed by atoms with Crippen molar-refractivity contribution >= 4 is 17.2 Å². The van der Waals surface area contributed by atoms with Crippen LogP contribution in [-0.4, -0.2) is 27.3 Å². The molecule has 1 aromatic carbocycles. The standard InChI is InChI=1S/C18H18FN3O2S/c1-22-16(10-15(21-22)12-2-4-14(19)5-3-12)18(24)20-8-6-17(23)13-7-9-25-11-13/h2-5,7,9-11,17,23H,6,8H2,1H3,(H,20,24). The molecule has 0 aliphatic carbocycles. The summed E-state index contributed by atoms with van der Waals surface area (Å²) in [6, 6.07) is 9.49. The molecule has 0 radical (unpaired) electrons. The molecule has 1 atom stereocenters. The van der Waals surface area contributed by atoms with Gasteiger partial charge in [0.15, 0.2) is 0 Å². The van der Waals surface area contributed by atoms with Crippen molar-refractivity contribution < 1.29 is 14.3 Å². The second-order valence-electron chi connectivity index (χ2n) is 5.66. The lowest BCUT2D eigenvalue weighted by Crippen LogP contribution is -2.27. The summed E-state index contributed by atoms with van der Waals surface area (Å²) in [5, 5.41) is 20.9. The largest absolute Gasteiger partial charge is 0.388 e. The molecule has 3 aromatic rings. The SMILES string of the molecule is Cn1nc(-c2ccc(F)cc2)cc1C(=O)NCCC(O)c1ccsc1. The van der Waals surface area contributed by atoms with Gasteiger partial charge in [0.05, 0.1) is 11.8 Å². The summed E-state index contributed by atoms with van der Waals surface area (Å²) in [6.07, 6.45) is -0.154. The average molecular weight is 359 g/mol. The van der Waals surface area contributed by atoms with Gasteiger partial charge in [-0.2, -0.15) is 16.4 Å². The molecule has 0 fully saturated rings. The molecule has 0 aliphatic heterocycles. The monoisotopic (exact) mass is 359 g/mol. The van der Waals surface area contributed by atoms with E-state index in [4.69, 9.17) is 0 Å². The van der Waals surface area contributed by atoms with Gasteiger partial charge in [0.2, 0.25) is 0 Å². The van der Waals surface area contributed by atoms with Crippen LogP contribution in [0.1, 0.15) is 28.6 Å². The van der Waals surface area contributed by atoms with Crippen LogP contribution < -0.4 is 5.32 Å². The molecule has 25 heavy (non-hydrogen) atoms. The van der Waals surface area contributed by atoms with Gasteiger partial charge in [0.25, 0.3) is 5.91 Å². The number of aliphatic hydroxyl groups is 1. The van der Waals surface area contributed by atoms with Crippen molar-refractivity contribution in [2.75, 3.05) is 6.54 Å². The third-order valence-electron chi connectivity index (χ3n) is 3.88. The predicted octanol–water partition coefficient (Wildman–Crippen LogP) is 3.14. The van der Waals surface area contributed by atoms with Crippen molar-refractivity contribution in [1.29, 1.82) is 0 Å². The summed E-state index contributed by atoms with van der Waals surface area (Å²) >= 11 is 1.53. The van der Waals surface area contributed by atoms with E-state index in [-0.39, 0.29) is 11.7 Å². The number of aryl methyl sites for hydroxylation is 1. The van der Waals surface area contributed by atoms with E-state index in [0.717, 1.165) is 11.1 Å². The third-order valence-corrected chi connectivity index (χ3v) is 4.59. The minimum atomic E-state index is -0.590. The minimum Gasteiger partial charge on any atom is -0.388 e. The number of carbonyl (C=O) groups is 1. The van der Waals surface area contributed by atoms with Gasteiger partial charge in [-0.05, 0) is 59.1 Å². The normalized spacial score (nSPS) is 12.1. The number of carbonyl (C=O) groups excluding carboxylic acids is 1. The molecule has 0 saturated carbocycles. The lowest BCUT2D eigenvalue weighted by molar-refractivity contribution is 0.0933. The Morgan fingerprint density at radius 2 is 2.12 bits per heavy atom. The van der Waals surface area contributed by atoms with Gasteiger partial charge < -0.3 is 10.4 Å². The van der Waals surface area contributed by atoms with Crippen LogP contribution in [0.15, 0.2) is 47.2 Å². The smallest absolute Gasteiger partial charge is 0.269 e. The molecule has 5 nitrogen and oxygen atoms in total. The summed E-state index contributed by atoms with van der Waals surface area (Å²) in [7, 11) is 1.68. The minimum absolute atomic E-state index is 0.263. The van der Waals surface area contributed by atoms with Crippen LogP contribution in [-0.2, 0) is 7.05 Å². The first kappa shape index (κ1) is 17.3. The zero-order valence-corrected chi connectivity index (χ0v) is 14.5. The summed E-state index contributed by atoms with van der Waals surface area (Å²) in [6.45, 7) is 0.354. The highest BCUT2D eigenvalue weighted by atomic mass is 32.1. The Bertz CT molecular complexity index is 844. The molecule has 2 aromatic heterocycles. The molecular formula is C18H18FN3O2S. The van der Waals surface area contributed by atoms with Crippen molar-refractivity contribution in [3.8, 4) is 11.3 Å². The topological polar surface area (TPSA) is 67.2 Å². The number of hydrogen-bond acceptors (Lipinski definition) is 4. The molecule has 1 amide bonds. The Balaban J connectivity index is 1.61. The Kier molecular flexibility index (Phi) is 5.25. The summed E-state index contributed by atoms with van der Waals surface area (Å²) in [5.74, 6) is -0.581. The van der Waals surface area contributed by atoms with E-state index < -0.39 is 6.10 Å². The van der Waals surface area contributed by atoms with Gasteiger partial charge in [-0.3, -0.25) is 9.48 Å². The first-order chi connectivity index (χ1) is 12.0. The lowest BCUT2D eigenvalue weighted by atomic mass is 10.1. The van der Waals surface area contributed by atoms with Crippen LogP contribution in [0, 0.1) is 5.82 Å². The number of halogens is 1. The van der Waals surface area contributed by atoms with Crippen molar-refractivity contribution in [2.24, 2.45) is 7.05 Å². The average Bonchev–Trinajstić information content (AvgIpc) is 3.25. The molecule has 2 N–H and O–H groups in total. The Hall–Kier alpha value is -2.51. The molecule has 1 unspecified atom stereocenters. The molecule has 3 rings (SSSR count). The molecule has 2 heterocycles. The number of nitrogens with zero attached hydrogens (tertiary/aromatic N) is 2. The van der Waals surface area contributed by atoms with E-state index in [2.05, 4.69) is 10.4 Å². The van der Waals surface area contributed by atoms with Gasteiger partial charge in [-0.15, -0.1) is 0 Å². The second-order valence-corrected chi connectivity index (χ2v) is 6.44. The first-order valence-electron chi connectivity index (χ1n) is 7.83. The predicted molar refractivity (Wildman–Crippen MR) is 94.8 cm³/mol. The fourth-order valence-corrected chi connectivity index (χ4v) is 3.19. The summed E-state index contributed by atoms with van der Waals surface area (Å²) in [5.41, 5.74) is 2.61. The molecule has 0 bridgehead atoms. The summed E-state index contributed by atoms with van der Waals surface area (Å²) < 4.78 is 14.5. The van der Waals surface area contributed by atoms with Crippen molar-refractivity contribution in [3.63, 3.8) is 0 Å². The maximum atomic E-state index is 13.0. The Morgan fingerprint density at radius 1 is 1.36 bits per heavy atom. The number of aromatic nitrogens is 2. The van der Waals surface area contributed by atoms with Crippen molar-refractivity contribution in [2.45, 2.75) is 12.5 Å². The number of nitrogens with one attached hydrogen (secondary N) is 1. The number of aliphatic hydroxyl groups excluding tert-OH is 1. The van der Waals surface area contributed by atoms with Crippen molar-refractivity contribution in [3.05, 3.63) is 64.2 Å². The highest BCUT2D eigenvalue weighted by molar-refractivity contribution is 7.07. The van der Waals surface area contributed by atoms with Crippen LogP contribution in [0.3, 0.4) is 0 Å². The fraction of sp³-hybridized carbons (Fsp3) is 0.222. The molecular weight excluding hydrogens is 341 g/mol. The lowest BCUT2D eigenvalue weighted by Gasteiger charge is -2.09. The van der Waals surface area contributed by atoms with Crippen LogP contribution in [0.5, 0.6) is 0 Å². The van der Waals surface area contributed by atoms with E-state index in [1.54, 1.807) is 25.2 Å². The summed E-state index contributed by atoms with van der Waals surface area (Å²) in [4.78, 5) is 12.3. The fourth-order valence-electron chi connectivity index (χ4n) is 2.49. The number of benzene rings is 1. The van der Waals surface area contributed by atoms with Crippen LogP contribution in [0.2, 0.25) is 0 Å². The maximum Gasteiger partial charge on any atom is 0.269 e. The third kappa shape index (κ3) is 4.12. The van der Waals surface area contributed by atoms with E-state index in [0.29, 0.717) is 24.4 Å². The number of amides is 1. The number of hydrogen-bond donors (Lipinski definition) is 2. The van der Waals surface area contributed by atoms with Gasteiger partial charge in [0, 0.05) is 19.2 Å². The molecule has 0 spiro atoms. The zero-order valence-electron chi connectivity index (χ0n) is 13.6. The maximum absolute atomic E-state index is 13.0. The highest BCUT2D eigenvalue weighted by Gasteiger charge is 2.15. The van der Waals surface area contributed by atoms with Crippen LogP contribution >= 0.6 is 11.3 Å². The second kappa shape index (κ2) is 7.58. The van der Waals surface area contributed by atoms with Crippen LogP contribution in [0.25, 0.3) is 11.3 Å². The number of thiophene rings is 1. The van der Waals surface area contributed by atoms with E-state index in [1.807, 2.05) is 16.8 Å². The molecule has 7 heteroatoms. The Labute approximate surface area is 148 Å². The van der Waals surface area contributed by atoms with Gasteiger partial charge in [0.1, 0.15) is 11.5 Å². The van der Waals surface area contributed by atoms with E-state index in [1.165, 1.54) is 28.2 Å². The zero-order chi connectivity index (χ0) is 17.8. The van der Waals surface area contributed by atoms with E-state index >= 15 is 0 Å². The first-order valence-corrected chi connectivity index (χ1v) is 8.77. The quantitative estimate of drug-likeness (QED) is 0.710. The van der Waals surface area contributed by atoms with Crippen molar-refractivity contribution in [1.82, 2.24) is 15.1 Å². The van der Waals surface area contributed by atoms with Gasteiger partial charge in [-0.1, -0.05) is 0 Å².